The summed E-state index contributed by atoms with van der Waals surface area (Å²) in [7, 11) is 0. The van der Waals surface area contributed by atoms with E-state index >= 15 is 0 Å². The van der Waals surface area contributed by atoms with Gasteiger partial charge in [-0.15, -0.1) is 0 Å². The van der Waals surface area contributed by atoms with E-state index in [0.717, 1.165) is 16.6 Å². The topological polar surface area (TPSA) is 59.4 Å². The third-order valence-electron chi connectivity index (χ3n) is 2.79. The van der Waals surface area contributed by atoms with Crippen LogP contribution in [0.5, 0.6) is 5.75 Å². The van der Waals surface area contributed by atoms with Crippen molar-refractivity contribution in [3.8, 4) is 5.75 Å². The van der Waals surface area contributed by atoms with Crippen molar-refractivity contribution in [2.75, 3.05) is 6.61 Å². The first-order valence-corrected chi connectivity index (χ1v) is 6.12. The van der Waals surface area contributed by atoms with Gasteiger partial charge in [-0.1, -0.05) is 26.8 Å². The quantitative estimate of drug-likeness (QED) is 0.920. The first-order chi connectivity index (χ1) is 8.86. The van der Waals surface area contributed by atoms with E-state index in [1.807, 2.05) is 18.2 Å². The zero-order chi connectivity index (χ0) is 14.0. The SMILES string of the molecule is CC(C)(C)c1ccc2cc(OCC(=O)O)ccc2n1. The minimum Gasteiger partial charge on any atom is -0.482 e. The maximum Gasteiger partial charge on any atom is 0.341 e. The van der Waals surface area contributed by atoms with Crippen molar-refractivity contribution in [1.82, 2.24) is 4.98 Å². The van der Waals surface area contributed by atoms with Crippen LogP contribution >= 0.6 is 0 Å². The Morgan fingerprint density at radius 2 is 2.00 bits per heavy atom. The van der Waals surface area contributed by atoms with Gasteiger partial charge in [0.1, 0.15) is 5.75 Å². The van der Waals surface area contributed by atoms with Gasteiger partial charge >= 0.3 is 5.97 Å². The standard InChI is InChI=1S/C15H17NO3/c1-15(2,3)13-7-4-10-8-11(19-9-14(17)18)5-6-12(10)16-13/h4-8H,9H2,1-3H3,(H,17,18). The van der Waals surface area contributed by atoms with Gasteiger partial charge in [0.05, 0.1) is 5.52 Å². The summed E-state index contributed by atoms with van der Waals surface area (Å²) in [6.07, 6.45) is 0. The van der Waals surface area contributed by atoms with Gasteiger partial charge in [0.15, 0.2) is 6.61 Å². The van der Waals surface area contributed by atoms with E-state index in [0.29, 0.717) is 5.75 Å². The largest absolute Gasteiger partial charge is 0.482 e. The molecule has 0 saturated carbocycles. The molecule has 2 aromatic rings. The van der Waals surface area contributed by atoms with Crippen LogP contribution in [0.1, 0.15) is 26.5 Å². The molecule has 4 heteroatoms. The average Bonchev–Trinajstić information content (AvgIpc) is 2.34. The second kappa shape index (κ2) is 4.88. The smallest absolute Gasteiger partial charge is 0.341 e. The van der Waals surface area contributed by atoms with E-state index in [1.165, 1.54) is 0 Å². The zero-order valence-corrected chi connectivity index (χ0v) is 11.3. The molecule has 0 aliphatic carbocycles. The van der Waals surface area contributed by atoms with Crippen LogP contribution in [0.4, 0.5) is 0 Å². The molecular formula is C15H17NO3. The fourth-order valence-corrected chi connectivity index (χ4v) is 1.76. The summed E-state index contributed by atoms with van der Waals surface area (Å²) in [6, 6.07) is 9.37. The molecule has 0 amide bonds. The molecule has 0 atom stereocenters. The summed E-state index contributed by atoms with van der Waals surface area (Å²) in [4.78, 5) is 15.1. The maximum atomic E-state index is 10.5. The molecular weight excluding hydrogens is 242 g/mol. The maximum absolute atomic E-state index is 10.5. The van der Waals surface area contributed by atoms with Gasteiger partial charge in [-0.2, -0.15) is 0 Å². The number of nitrogens with zero attached hydrogens (tertiary/aromatic N) is 1. The highest BCUT2D eigenvalue weighted by Gasteiger charge is 2.15. The van der Waals surface area contributed by atoms with E-state index in [4.69, 9.17) is 9.84 Å². The molecule has 0 bridgehead atoms. The van der Waals surface area contributed by atoms with Crippen LogP contribution in [-0.4, -0.2) is 22.7 Å². The molecule has 4 nitrogen and oxygen atoms in total. The minimum absolute atomic E-state index is 0.00662. The molecule has 100 valence electrons. The number of hydrogen-bond donors (Lipinski definition) is 1. The summed E-state index contributed by atoms with van der Waals surface area (Å²) in [6.45, 7) is 6.02. The Bertz CT molecular complexity index is 614. The normalized spacial score (nSPS) is 11.5. The summed E-state index contributed by atoms with van der Waals surface area (Å²) < 4.78 is 5.15. The van der Waals surface area contributed by atoms with Gasteiger partial charge in [0, 0.05) is 16.5 Å². The Hall–Kier alpha value is -2.10. The minimum atomic E-state index is -0.985. The predicted octanol–water partition coefficient (Wildman–Crippen LogP) is 3.00. The average molecular weight is 259 g/mol. The van der Waals surface area contributed by atoms with Gasteiger partial charge in [0.2, 0.25) is 0 Å². The van der Waals surface area contributed by atoms with Gasteiger partial charge in [0.25, 0.3) is 0 Å². The van der Waals surface area contributed by atoms with Crippen LogP contribution in [0, 0.1) is 0 Å². The van der Waals surface area contributed by atoms with Crippen LogP contribution in [-0.2, 0) is 10.2 Å². The lowest BCUT2D eigenvalue weighted by atomic mass is 9.91. The van der Waals surface area contributed by atoms with Crippen molar-refractivity contribution >= 4 is 16.9 Å². The number of rotatable bonds is 3. The molecule has 1 N–H and O–H groups in total. The molecule has 0 radical (unpaired) electrons. The van der Waals surface area contributed by atoms with Crippen LogP contribution in [0.15, 0.2) is 30.3 Å². The number of pyridine rings is 1. The van der Waals surface area contributed by atoms with Gasteiger partial charge in [-0.05, 0) is 24.3 Å². The van der Waals surface area contributed by atoms with E-state index in [-0.39, 0.29) is 12.0 Å². The second-order valence-electron chi connectivity index (χ2n) is 5.48. The Labute approximate surface area is 112 Å². The fourth-order valence-electron chi connectivity index (χ4n) is 1.76. The van der Waals surface area contributed by atoms with E-state index in [2.05, 4.69) is 25.8 Å². The Kier molecular flexibility index (Phi) is 3.42. The fraction of sp³-hybridized carbons (Fsp3) is 0.333. The Morgan fingerprint density at radius 3 is 2.63 bits per heavy atom. The molecule has 0 spiro atoms. The molecule has 0 fully saturated rings. The van der Waals surface area contributed by atoms with Crippen LogP contribution in [0.3, 0.4) is 0 Å². The van der Waals surface area contributed by atoms with Gasteiger partial charge < -0.3 is 9.84 Å². The molecule has 0 aliphatic rings. The van der Waals surface area contributed by atoms with Crippen LogP contribution < -0.4 is 4.74 Å². The molecule has 19 heavy (non-hydrogen) atoms. The molecule has 2 rings (SSSR count). The Morgan fingerprint density at radius 1 is 1.26 bits per heavy atom. The van der Waals surface area contributed by atoms with Crippen molar-refractivity contribution < 1.29 is 14.6 Å². The lowest BCUT2D eigenvalue weighted by Crippen LogP contribution is -2.13. The highest BCUT2D eigenvalue weighted by atomic mass is 16.5. The lowest BCUT2D eigenvalue weighted by Gasteiger charge is -2.18. The number of aromatic nitrogens is 1. The van der Waals surface area contributed by atoms with Crippen LogP contribution in [0.25, 0.3) is 10.9 Å². The van der Waals surface area contributed by atoms with E-state index in [1.54, 1.807) is 12.1 Å². The molecule has 1 heterocycles. The van der Waals surface area contributed by atoms with E-state index in [9.17, 15) is 4.79 Å². The summed E-state index contributed by atoms with van der Waals surface area (Å²) >= 11 is 0. The van der Waals surface area contributed by atoms with Crippen molar-refractivity contribution in [2.45, 2.75) is 26.2 Å². The number of ether oxygens (including phenoxy) is 1. The third kappa shape index (κ3) is 3.22. The molecule has 0 saturated heterocycles. The van der Waals surface area contributed by atoms with Crippen LogP contribution in [0.2, 0.25) is 0 Å². The number of aliphatic carboxylic acids is 1. The number of hydrogen-bond acceptors (Lipinski definition) is 3. The summed E-state index contributed by atoms with van der Waals surface area (Å²) in [5.74, 6) is -0.443. The number of fused-ring (bicyclic) bond motifs is 1. The molecule has 1 aromatic heterocycles. The van der Waals surface area contributed by atoms with Crippen molar-refractivity contribution in [1.29, 1.82) is 0 Å². The Balaban J connectivity index is 2.32. The van der Waals surface area contributed by atoms with E-state index < -0.39 is 5.97 Å². The van der Waals surface area contributed by atoms with Gasteiger partial charge in [-0.25, -0.2) is 4.79 Å². The number of carboxylic acids is 1. The molecule has 0 aliphatic heterocycles. The van der Waals surface area contributed by atoms with Crippen molar-refractivity contribution in [2.24, 2.45) is 0 Å². The number of benzene rings is 1. The first-order valence-electron chi connectivity index (χ1n) is 6.12. The highest BCUT2D eigenvalue weighted by Crippen LogP contribution is 2.25. The zero-order valence-electron chi connectivity index (χ0n) is 11.3. The number of carboxylic acid groups (broad SMARTS) is 1. The number of carbonyl (C=O) groups is 1. The van der Waals surface area contributed by atoms with Crippen molar-refractivity contribution in [3.05, 3.63) is 36.0 Å². The van der Waals surface area contributed by atoms with Gasteiger partial charge in [-0.3, -0.25) is 4.98 Å². The summed E-state index contributed by atoms with van der Waals surface area (Å²) in [5, 5.41) is 9.52. The second-order valence-corrected chi connectivity index (χ2v) is 5.48. The first kappa shape index (κ1) is 13.3. The van der Waals surface area contributed by atoms with Crippen molar-refractivity contribution in [3.63, 3.8) is 0 Å². The molecule has 0 unspecified atom stereocenters. The monoisotopic (exact) mass is 259 g/mol. The summed E-state index contributed by atoms with van der Waals surface area (Å²) in [5.41, 5.74) is 1.92. The molecule has 1 aromatic carbocycles. The third-order valence-corrected chi connectivity index (χ3v) is 2.79. The highest BCUT2D eigenvalue weighted by molar-refractivity contribution is 5.80. The lowest BCUT2D eigenvalue weighted by molar-refractivity contribution is -0.139. The predicted molar refractivity (Wildman–Crippen MR) is 73.6 cm³/mol.